The van der Waals surface area contributed by atoms with Gasteiger partial charge in [-0.15, -0.1) is 10.2 Å². The molecule has 0 fully saturated rings. The molecule has 9 heteroatoms. The Morgan fingerprint density at radius 1 is 1.30 bits per heavy atom. The minimum atomic E-state index is -0.868. The van der Waals surface area contributed by atoms with Crippen LogP contribution in [0.3, 0.4) is 0 Å². The summed E-state index contributed by atoms with van der Waals surface area (Å²) in [7, 11) is 0. The number of hydrogen-bond acceptors (Lipinski definition) is 5. The van der Waals surface area contributed by atoms with Crippen LogP contribution in [0, 0.1) is 15.9 Å². The highest BCUT2D eigenvalue weighted by Gasteiger charge is 2.21. The van der Waals surface area contributed by atoms with E-state index in [1.54, 1.807) is 0 Å². The van der Waals surface area contributed by atoms with Crippen molar-refractivity contribution in [3.63, 3.8) is 0 Å². The molecule has 1 amide bonds. The summed E-state index contributed by atoms with van der Waals surface area (Å²) in [5.74, 6) is -1.59. The van der Waals surface area contributed by atoms with Gasteiger partial charge in [0.2, 0.25) is 0 Å². The van der Waals surface area contributed by atoms with Crippen LogP contribution in [0.1, 0.15) is 10.4 Å². The summed E-state index contributed by atoms with van der Waals surface area (Å²) in [5.41, 5.74) is -0.919. The van der Waals surface area contributed by atoms with Crippen molar-refractivity contribution in [3.05, 3.63) is 57.0 Å². The van der Waals surface area contributed by atoms with Crippen LogP contribution < -0.4 is 5.32 Å². The maximum Gasteiger partial charge on any atom is 0.282 e. The van der Waals surface area contributed by atoms with Crippen molar-refractivity contribution in [2.75, 3.05) is 5.32 Å². The van der Waals surface area contributed by atoms with Crippen LogP contribution in [0.2, 0.25) is 5.15 Å². The van der Waals surface area contributed by atoms with E-state index in [1.165, 1.54) is 12.1 Å². The molecular formula is C11H6ClFN4O3. The van der Waals surface area contributed by atoms with Crippen LogP contribution in [0.25, 0.3) is 0 Å². The zero-order valence-corrected chi connectivity index (χ0v) is 10.5. The Morgan fingerprint density at radius 3 is 2.65 bits per heavy atom. The Balaban J connectivity index is 2.31. The fourth-order valence-corrected chi connectivity index (χ4v) is 1.52. The van der Waals surface area contributed by atoms with Crippen LogP contribution >= 0.6 is 11.6 Å². The average Bonchev–Trinajstić information content (AvgIpc) is 2.41. The van der Waals surface area contributed by atoms with E-state index in [9.17, 15) is 19.3 Å². The van der Waals surface area contributed by atoms with Crippen molar-refractivity contribution in [1.82, 2.24) is 10.2 Å². The normalized spacial score (nSPS) is 10.1. The van der Waals surface area contributed by atoms with E-state index in [-0.39, 0.29) is 11.0 Å². The minimum Gasteiger partial charge on any atom is -0.305 e. The van der Waals surface area contributed by atoms with E-state index in [0.717, 1.165) is 18.2 Å². The van der Waals surface area contributed by atoms with Gasteiger partial charge in [0.05, 0.1) is 4.92 Å². The minimum absolute atomic E-state index is 0.0398. The summed E-state index contributed by atoms with van der Waals surface area (Å²) in [5, 5.41) is 20.2. The quantitative estimate of drug-likeness (QED) is 0.693. The third-order valence-corrected chi connectivity index (χ3v) is 2.48. The van der Waals surface area contributed by atoms with Crippen molar-refractivity contribution in [2.24, 2.45) is 0 Å². The molecule has 2 rings (SSSR count). The summed E-state index contributed by atoms with van der Waals surface area (Å²) in [6.07, 6.45) is 0. The van der Waals surface area contributed by atoms with Gasteiger partial charge in [-0.1, -0.05) is 11.6 Å². The number of nitro benzene ring substituents is 1. The molecule has 0 aliphatic heterocycles. The second-order valence-corrected chi connectivity index (χ2v) is 4.00. The zero-order chi connectivity index (χ0) is 14.7. The van der Waals surface area contributed by atoms with Gasteiger partial charge in [0, 0.05) is 6.07 Å². The first kappa shape index (κ1) is 13.8. The molecule has 0 atom stereocenters. The Hall–Kier alpha value is -2.61. The van der Waals surface area contributed by atoms with Crippen molar-refractivity contribution < 1.29 is 14.1 Å². The highest BCUT2D eigenvalue weighted by atomic mass is 35.5. The lowest BCUT2D eigenvalue weighted by atomic mass is 10.1. The predicted molar refractivity (Wildman–Crippen MR) is 68.0 cm³/mol. The van der Waals surface area contributed by atoms with E-state index in [0.29, 0.717) is 0 Å². The number of anilines is 1. The van der Waals surface area contributed by atoms with E-state index in [1.807, 2.05) is 0 Å². The van der Waals surface area contributed by atoms with E-state index >= 15 is 0 Å². The number of nitrogens with one attached hydrogen (secondary N) is 1. The number of halogens is 2. The molecule has 1 heterocycles. The molecule has 0 spiro atoms. The number of nitrogens with zero attached hydrogens (tertiary/aromatic N) is 3. The summed E-state index contributed by atoms with van der Waals surface area (Å²) in [4.78, 5) is 21.9. The smallest absolute Gasteiger partial charge is 0.282 e. The van der Waals surface area contributed by atoms with Gasteiger partial charge in [0.15, 0.2) is 11.0 Å². The molecule has 0 aliphatic rings. The number of hydrogen-bond donors (Lipinski definition) is 1. The summed E-state index contributed by atoms with van der Waals surface area (Å²) < 4.78 is 13.1. The number of carbonyl (C=O) groups excluding carboxylic acids is 1. The van der Waals surface area contributed by atoms with Gasteiger partial charge < -0.3 is 5.32 Å². The van der Waals surface area contributed by atoms with Gasteiger partial charge in [-0.25, -0.2) is 4.39 Å². The number of amides is 1. The largest absolute Gasteiger partial charge is 0.305 e. The van der Waals surface area contributed by atoms with E-state index < -0.39 is 27.9 Å². The van der Waals surface area contributed by atoms with E-state index in [2.05, 4.69) is 15.5 Å². The molecule has 102 valence electrons. The van der Waals surface area contributed by atoms with E-state index in [4.69, 9.17) is 11.6 Å². The van der Waals surface area contributed by atoms with Gasteiger partial charge in [-0.3, -0.25) is 14.9 Å². The first-order valence-corrected chi connectivity index (χ1v) is 5.59. The Morgan fingerprint density at radius 2 is 2.05 bits per heavy atom. The monoisotopic (exact) mass is 296 g/mol. The Labute approximate surface area is 116 Å². The maximum absolute atomic E-state index is 13.1. The molecule has 2 aromatic rings. The number of carbonyl (C=O) groups is 1. The van der Waals surface area contributed by atoms with Crippen LogP contribution in [-0.2, 0) is 0 Å². The summed E-state index contributed by atoms with van der Waals surface area (Å²) in [6, 6.07) is 5.33. The van der Waals surface area contributed by atoms with Gasteiger partial charge in [-0.05, 0) is 24.3 Å². The number of benzene rings is 1. The van der Waals surface area contributed by atoms with Crippen molar-refractivity contribution in [1.29, 1.82) is 0 Å². The molecule has 0 unspecified atom stereocenters. The topological polar surface area (TPSA) is 98.0 Å². The Kier molecular flexibility index (Phi) is 3.85. The van der Waals surface area contributed by atoms with Crippen LogP contribution in [0.15, 0.2) is 30.3 Å². The standard InChI is InChI=1S/C11H6ClFN4O3/c12-9-3-4-10(16-15-9)14-11(18)7-5-6(13)1-2-8(7)17(19)20/h1-5H,(H,14,16,18). The maximum atomic E-state index is 13.1. The lowest BCUT2D eigenvalue weighted by Gasteiger charge is -2.04. The van der Waals surface area contributed by atoms with Crippen molar-refractivity contribution >= 4 is 29.0 Å². The molecule has 1 aromatic carbocycles. The molecule has 0 aliphatic carbocycles. The molecule has 0 saturated heterocycles. The second kappa shape index (κ2) is 5.57. The highest BCUT2D eigenvalue weighted by molar-refractivity contribution is 6.29. The SMILES string of the molecule is O=C(Nc1ccc(Cl)nn1)c1cc(F)ccc1[N+](=O)[O-]. The van der Waals surface area contributed by atoms with Crippen LogP contribution in [0.5, 0.6) is 0 Å². The third-order valence-electron chi connectivity index (χ3n) is 2.27. The first-order chi connectivity index (χ1) is 9.47. The lowest BCUT2D eigenvalue weighted by molar-refractivity contribution is -0.385. The lowest BCUT2D eigenvalue weighted by Crippen LogP contribution is -2.15. The second-order valence-electron chi connectivity index (χ2n) is 3.61. The predicted octanol–water partition coefficient (Wildman–Crippen LogP) is 2.43. The molecule has 7 nitrogen and oxygen atoms in total. The summed E-state index contributed by atoms with van der Waals surface area (Å²) in [6.45, 7) is 0. The van der Waals surface area contributed by atoms with Gasteiger partial charge in [0.1, 0.15) is 11.4 Å². The number of nitro groups is 1. The first-order valence-electron chi connectivity index (χ1n) is 5.22. The molecule has 0 bridgehead atoms. The average molecular weight is 297 g/mol. The van der Waals surface area contributed by atoms with Crippen LogP contribution in [0.4, 0.5) is 15.9 Å². The fraction of sp³-hybridized carbons (Fsp3) is 0. The fourth-order valence-electron chi connectivity index (χ4n) is 1.42. The molecular weight excluding hydrogens is 291 g/mol. The molecule has 0 saturated carbocycles. The molecule has 1 N–H and O–H groups in total. The van der Waals surface area contributed by atoms with Gasteiger partial charge in [-0.2, -0.15) is 0 Å². The van der Waals surface area contributed by atoms with Crippen LogP contribution in [-0.4, -0.2) is 21.0 Å². The zero-order valence-electron chi connectivity index (χ0n) is 9.71. The summed E-state index contributed by atoms with van der Waals surface area (Å²) >= 11 is 5.53. The highest BCUT2D eigenvalue weighted by Crippen LogP contribution is 2.20. The van der Waals surface area contributed by atoms with Crippen molar-refractivity contribution in [3.8, 4) is 0 Å². The Bertz CT molecular complexity index is 678. The molecule has 0 radical (unpaired) electrons. The van der Waals surface area contributed by atoms with Gasteiger partial charge in [0.25, 0.3) is 11.6 Å². The number of rotatable bonds is 3. The molecule has 1 aromatic heterocycles. The molecule has 20 heavy (non-hydrogen) atoms. The number of aromatic nitrogens is 2. The third kappa shape index (κ3) is 3.04. The van der Waals surface area contributed by atoms with Gasteiger partial charge >= 0.3 is 0 Å². The van der Waals surface area contributed by atoms with Crippen molar-refractivity contribution in [2.45, 2.75) is 0 Å².